The second kappa shape index (κ2) is 9.04. The molecule has 0 saturated carbocycles. The second-order valence-corrected chi connectivity index (χ2v) is 8.55. The number of benzene rings is 3. The van der Waals surface area contributed by atoms with Gasteiger partial charge in [0.2, 0.25) is 10.0 Å². The highest BCUT2D eigenvalue weighted by molar-refractivity contribution is 7.89. The normalized spacial score (nSPS) is 12.5. The van der Waals surface area contributed by atoms with Gasteiger partial charge in [0.25, 0.3) is 0 Å². The maximum Gasteiger partial charge on any atom is 0.240 e. The number of para-hydroxylation sites is 1. The van der Waals surface area contributed by atoms with Crippen molar-refractivity contribution in [3.63, 3.8) is 0 Å². The summed E-state index contributed by atoms with van der Waals surface area (Å²) in [7, 11) is -3.54. The van der Waals surface area contributed by atoms with Crippen LogP contribution < -0.4 is 9.46 Å². The first-order chi connectivity index (χ1) is 13.5. The molecular formula is C23H25NO3S. The van der Waals surface area contributed by atoms with E-state index in [1.165, 1.54) is 0 Å². The SMILES string of the molecule is Cc1ccc(S(=O)(=O)NCC[C@@H](Oc2ccccc2C)c2ccccc2)cc1. The lowest BCUT2D eigenvalue weighted by molar-refractivity contribution is 0.195. The zero-order valence-electron chi connectivity index (χ0n) is 16.1. The molecule has 146 valence electrons. The molecule has 3 aromatic carbocycles. The van der Waals surface area contributed by atoms with Gasteiger partial charge in [0.1, 0.15) is 11.9 Å². The smallest absolute Gasteiger partial charge is 0.240 e. The van der Waals surface area contributed by atoms with Gasteiger partial charge < -0.3 is 4.74 Å². The summed E-state index contributed by atoms with van der Waals surface area (Å²) < 4.78 is 34.0. The summed E-state index contributed by atoms with van der Waals surface area (Å²) in [5, 5.41) is 0. The van der Waals surface area contributed by atoms with Crippen LogP contribution in [0.25, 0.3) is 0 Å². The Hall–Kier alpha value is -2.63. The van der Waals surface area contributed by atoms with Crippen LogP contribution in [0.2, 0.25) is 0 Å². The lowest BCUT2D eigenvalue weighted by atomic mass is 10.1. The van der Waals surface area contributed by atoms with Gasteiger partial charge in [-0.1, -0.05) is 66.2 Å². The lowest BCUT2D eigenvalue weighted by Gasteiger charge is -2.21. The van der Waals surface area contributed by atoms with Gasteiger partial charge in [-0.25, -0.2) is 13.1 Å². The van der Waals surface area contributed by atoms with Gasteiger partial charge in [-0.05, 0) is 43.2 Å². The molecular weight excluding hydrogens is 370 g/mol. The van der Waals surface area contributed by atoms with Crippen molar-refractivity contribution in [2.75, 3.05) is 6.54 Å². The molecule has 0 saturated heterocycles. The van der Waals surface area contributed by atoms with Crippen LogP contribution in [0.4, 0.5) is 0 Å². The monoisotopic (exact) mass is 395 g/mol. The van der Waals surface area contributed by atoms with Crippen molar-refractivity contribution < 1.29 is 13.2 Å². The zero-order chi connectivity index (χ0) is 20.0. The standard InChI is InChI=1S/C23H25NO3S/c1-18-12-14-21(15-13-18)28(25,26)24-17-16-23(20-9-4-3-5-10-20)27-22-11-7-6-8-19(22)2/h3-15,23-24H,16-17H2,1-2H3/t23-/m1/s1. The molecule has 28 heavy (non-hydrogen) atoms. The van der Waals surface area contributed by atoms with Gasteiger partial charge in [-0.2, -0.15) is 0 Å². The molecule has 0 spiro atoms. The molecule has 0 bridgehead atoms. The first kappa shape index (κ1) is 20.1. The number of aryl methyl sites for hydroxylation is 2. The minimum Gasteiger partial charge on any atom is -0.485 e. The Morgan fingerprint density at radius 3 is 2.18 bits per heavy atom. The van der Waals surface area contributed by atoms with Crippen LogP contribution in [0, 0.1) is 13.8 Å². The number of hydrogen-bond donors (Lipinski definition) is 1. The third kappa shape index (κ3) is 5.21. The Morgan fingerprint density at radius 1 is 0.857 bits per heavy atom. The number of sulfonamides is 1. The van der Waals surface area contributed by atoms with E-state index in [4.69, 9.17) is 4.74 Å². The molecule has 0 fully saturated rings. The fourth-order valence-corrected chi connectivity index (χ4v) is 3.98. The zero-order valence-corrected chi connectivity index (χ0v) is 16.9. The minimum absolute atomic E-state index is 0.247. The third-order valence-electron chi connectivity index (χ3n) is 4.56. The van der Waals surface area contributed by atoms with Crippen molar-refractivity contribution >= 4 is 10.0 Å². The first-order valence-electron chi connectivity index (χ1n) is 9.29. The van der Waals surface area contributed by atoms with E-state index in [2.05, 4.69) is 4.72 Å². The van der Waals surface area contributed by atoms with E-state index in [-0.39, 0.29) is 17.5 Å². The molecule has 0 aliphatic rings. The Kier molecular flexibility index (Phi) is 6.49. The van der Waals surface area contributed by atoms with Crippen LogP contribution in [0.3, 0.4) is 0 Å². The van der Waals surface area contributed by atoms with Crippen LogP contribution in [-0.4, -0.2) is 15.0 Å². The molecule has 3 rings (SSSR count). The molecule has 0 aliphatic heterocycles. The topological polar surface area (TPSA) is 55.4 Å². The average Bonchev–Trinajstić information content (AvgIpc) is 2.69. The summed E-state index contributed by atoms with van der Waals surface area (Å²) >= 11 is 0. The molecule has 3 aromatic rings. The van der Waals surface area contributed by atoms with Crippen molar-refractivity contribution in [2.45, 2.75) is 31.3 Å². The van der Waals surface area contributed by atoms with Crippen molar-refractivity contribution in [2.24, 2.45) is 0 Å². The van der Waals surface area contributed by atoms with E-state index in [9.17, 15) is 8.42 Å². The third-order valence-corrected chi connectivity index (χ3v) is 6.04. The maximum atomic E-state index is 12.5. The highest BCUT2D eigenvalue weighted by Gasteiger charge is 2.18. The van der Waals surface area contributed by atoms with Gasteiger partial charge in [-0.15, -0.1) is 0 Å². The predicted octanol–water partition coefficient (Wildman–Crippen LogP) is 4.79. The summed E-state index contributed by atoms with van der Waals surface area (Å²) in [6, 6.07) is 24.5. The molecule has 0 aromatic heterocycles. The largest absolute Gasteiger partial charge is 0.485 e. The van der Waals surface area contributed by atoms with Crippen LogP contribution in [0.15, 0.2) is 83.8 Å². The minimum atomic E-state index is -3.54. The van der Waals surface area contributed by atoms with Gasteiger partial charge in [-0.3, -0.25) is 0 Å². The molecule has 0 amide bonds. The first-order valence-corrected chi connectivity index (χ1v) is 10.8. The van der Waals surface area contributed by atoms with Crippen molar-refractivity contribution in [1.29, 1.82) is 0 Å². The number of ether oxygens (including phenoxy) is 1. The van der Waals surface area contributed by atoms with E-state index in [1.54, 1.807) is 24.3 Å². The lowest BCUT2D eigenvalue weighted by Crippen LogP contribution is -2.27. The van der Waals surface area contributed by atoms with Crippen LogP contribution in [-0.2, 0) is 10.0 Å². The van der Waals surface area contributed by atoms with Gasteiger partial charge in [0.15, 0.2) is 0 Å². The number of rotatable bonds is 8. The molecule has 0 aliphatic carbocycles. The quantitative estimate of drug-likeness (QED) is 0.596. The van der Waals surface area contributed by atoms with E-state index >= 15 is 0 Å². The van der Waals surface area contributed by atoms with Crippen molar-refractivity contribution in [3.05, 3.63) is 95.6 Å². The Balaban J connectivity index is 1.71. The fraction of sp³-hybridized carbons (Fsp3) is 0.217. The molecule has 0 radical (unpaired) electrons. The second-order valence-electron chi connectivity index (χ2n) is 6.78. The highest BCUT2D eigenvalue weighted by Crippen LogP contribution is 2.27. The van der Waals surface area contributed by atoms with Crippen molar-refractivity contribution in [3.8, 4) is 5.75 Å². The Bertz CT molecular complexity index is 1000. The summed E-state index contributed by atoms with van der Waals surface area (Å²) in [5.41, 5.74) is 3.08. The Labute approximate surface area is 167 Å². The summed E-state index contributed by atoms with van der Waals surface area (Å²) in [6.45, 7) is 4.20. The molecule has 1 N–H and O–H groups in total. The fourth-order valence-electron chi connectivity index (χ4n) is 2.93. The summed E-state index contributed by atoms with van der Waals surface area (Å²) in [4.78, 5) is 0.272. The number of nitrogens with one attached hydrogen (secondary N) is 1. The molecule has 4 nitrogen and oxygen atoms in total. The molecule has 5 heteroatoms. The maximum absolute atomic E-state index is 12.5. The Morgan fingerprint density at radius 2 is 1.50 bits per heavy atom. The van der Waals surface area contributed by atoms with Gasteiger partial charge in [0, 0.05) is 13.0 Å². The van der Waals surface area contributed by atoms with Crippen LogP contribution >= 0.6 is 0 Å². The van der Waals surface area contributed by atoms with E-state index in [1.807, 2.05) is 68.4 Å². The van der Waals surface area contributed by atoms with E-state index in [0.717, 1.165) is 22.4 Å². The summed E-state index contributed by atoms with van der Waals surface area (Å²) in [6.07, 6.45) is 0.270. The predicted molar refractivity (Wildman–Crippen MR) is 112 cm³/mol. The van der Waals surface area contributed by atoms with Gasteiger partial charge in [0.05, 0.1) is 4.90 Å². The highest BCUT2D eigenvalue weighted by atomic mass is 32.2. The molecule has 1 atom stereocenters. The van der Waals surface area contributed by atoms with Crippen LogP contribution in [0.1, 0.15) is 29.2 Å². The number of hydrogen-bond acceptors (Lipinski definition) is 3. The van der Waals surface area contributed by atoms with Crippen LogP contribution in [0.5, 0.6) is 5.75 Å². The van der Waals surface area contributed by atoms with E-state index < -0.39 is 10.0 Å². The average molecular weight is 396 g/mol. The van der Waals surface area contributed by atoms with Crippen molar-refractivity contribution in [1.82, 2.24) is 4.72 Å². The van der Waals surface area contributed by atoms with Gasteiger partial charge >= 0.3 is 0 Å². The summed E-state index contributed by atoms with van der Waals surface area (Å²) in [5.74, 6) is 0.803. The van der Waals surface area contributed by atoms with E-state index in [0.29, 0.717) is 6.42 Å². The molecule has 0 heterocycles. The molecule has 0 unspecified atom stereocenters.